The van der Waals surface area contributed by atoms with Crippen molar-refractivity contribution in [3.05, 3.63) is 76.4 Å². The van der Waals surface area contributed by atoms with E-state index >= 15 is 0 Å². The van der Waals surface area contributed by atoms with Gasteiger partial charge in [0.05, 0.1) is 18.9 Å². The van der Waals surface area contributed by atoms with Crippen molar-refractivity contribution < 1.29 is 13.9 Å². The quantitative estimate of drug-likeness (QED) is 0.601. The van der Waals surface area contributed by atoms with Crippen LogP contribution in [0.4, 0.5) is 0 Å². The van der Waals surface area contributed by atoms with Crippen LogP contribution in [0.25, 0.3) is 0 Å². The second kappa shape index (κ2) is 8.03. The fourth-order valence-electron chi connectivity index (χ4n) is 2.52. The SMILES string of the molecule is CC(C)Oc1ccc(C(=O)N(Cc2ccsc2)Cc2ccco2)cc1. The van der Waals surface area contributed by atoms with E-state index in [9.17, 15) is 4.79 Å². The molecule has 0 aliphatic rings. The zero-order valence-corrected chi connectivity index (χ0v) is 15.2. The largest absolute Gasteiger partial charge is 0.491 e. The first-order valence-corrected chi connectivity index (χ1v) is 9.15. The minimum absolute atomic E-state index is 0.0290. The Morgan fingerprint density at radius 2 is 1.96 bits per heavy atom. The molecule has 0 radical (unpaired) electrons. The summed E-state index contributed by atoms with van der Waals surface area (Å²) < 4.78 is 11.1. The maximum Gasteiger partial charge on any atom is 0.254 e. The van der Waals surface area contributed by atoms with Crippen LogP contribution in [-0.4, -0.2) is 16.9 Å². The highest BCUT2D eigenvalue weighted by atomic mass is 32.1. The number of benzene rings is 1. The van der Waals surface area contributed by atoms with Gasteiger partial charge < -0.3 is 14.1 Å². The van der Waals surface area contributed by atoms with Gasteiger partial charge in [-0.05, 0) is 72.6 Å². The molecular formula is C20H21NO3S. The molecule has 0 spiro atoms. The molecule has 5 heteroatoms. The minimum atomic E-state index is -0.0290. The molecule has 0 aliphatic carbocycles. The topological polar surface area (TPSA) is 42.7 Å². The monoisotopic (exact) mass is 355 g/mol. The fourth-order valence-corrected chi connectivity index (χ4v) is 3.18. The van der Waals surface area contributed by atoms with E-state index in [1.54, 1.807) is 22.5 Å². The van der Waals surface area contributed by atoms with Gasteiger partial charge in [0, 0.05) is 12.1 Å². The molecule has 1 aromatic carbocycles. The van der Waals surface area contributed by atoms with Gasteiger partial charge in [0.1, 0.15) is 11.5 Å². The van der Waals surface area contributed by atoms with Gasteiger partial charge in [0.2, 0.25) is 0 Å². The fraction of sp³-hybridized carbons (Fsp3) is 0.250. The Morgan fingerprint density at radius 1 is 1.16 bits per heavy atom. The normalized spacial score (nSPS) is 10.8. The van der Waals surface area contributed by atoms with Crippen LogP contribution in [0.15, 0.2) is 63.9 Å². The van der Waals surface area contributed by atoms with Crippen LogP contribution >= 0.6 is 11.3 Å². The molecular weight excluding hydrogens is 334 g/mol. The number of hydrogen-bond donors (Lipinski definition) is 0. The first kappa shape index (κ1) is 17.3. The second-order valence-electron chi connectivity index (χ2n) is 6.06. The number of amides is 1. The van der Waals surface area contributed by atoms with E-state index in [1.807, 2.05) is 61.7 Å². The van der Waals surface area contributed by atoms with Crippen molar-refractivity contribution >= 4 is 17.2 Å². The molecule has 0 N–H and O–H groups in total. The van der Waals surface area contributed by atoms with E-state index in [2.05, 4.69) is 5.38 Å². The van der Waals surface area contributed by atoms with Crippen LogP contribution in [0.2, 0.25) is 0 Å². The summed E-state index contributed by atoms with van der Waals surface area (Å²) in [6.07, 6.45) is 1.73. The molecule has 2 heterocycles. The molecule has 2 aromatic heterocycles. The Labute approximate surface area is 151 Å². The molecule has 1 amide bonds. The summed E-state index contributed by atoms with van der Waals surface area (Å²) >= 11 is 1.63. The van der Waals surface area contributed by atoms with E-state index in [0.717, 1.165) is 17.1 Å². The van der Waals surface area contributed by atoms with Gasteiger partial charge >= 0.3 is 0 Å². The Kier molecular flexibility index (Phi) is 5.56. The molecule has 0 aliphatic heterocycles. The van der Waals surface area contributed by atoms with E-state index in [0.29, 0.717) is 18.7 Å². The van der Waals surface area contributed by atoms with Crippen LogP contribution in [0.1, 0.15) is 35.5 Å². The highest BCUT2D eigenvalue weighted by Gasteiger charge is 2.18. The highest BCUT2D eigenvalue weighted by Crippen LogP contribution is 2.19. The lowest BCUT2D eigenvalue weighted by atomic mass is 10.1. The number of thiophene rings is 1. The van der Waals surface area contributed by atoms with Crippen LogP contribution in [0, 0.1) is 0 Å². The third-order valence-corrected chi connectivity index (χ3v) is 4.37. The summed E-state index contributed by atoms with van der Waals surface area (Å²) in [5, 5.41) is 4.07. The summed E-state index contributed by atoms with van der Waals surface area (Å²) in [7, 11) is 0. The van der Waals surface area contributed by atoms with Gasteiger partial charge in [-0.25, -0.2) is 0 Å². The van der Waals surface area contributed by atoms with Crippen LogP contribution in [-0.2, 0) is 13.1 Å². The molecule has 4 nitrogen and oxygen atoms in total. The van der Waals surface area contributed by atoms with E-state index in [1.165, 1.54) is 0 Å². The van der Waals surface area contributed by atoms with Crippen molar-refractivity contribution in [2.24, 2.45) is 0 Å². The minimum Gasteiger partial charge on any atom is -0.491 e. The second-order valence-corrected chi connectivity index (χ2v) is 6.84. The first-order chi connectivity index (χ1) is 12.1. The number of nitrogens with zero attached hydrogens (tertiary/aromatic N) is 1. The summed E-state index contributed by atoms with van der Waals surface area (Å²) in [6, 6.07) is 13.0. The smallest absolute Gasteiger partial charge is 0.254 e. The van der Waals surface area contributed by atoms with Gasteiger partial charge in [-0.15, -0.1) is 0 Å². The summed E-state index contributed by atoms with van der Waals surface area (Å²) in [6.45, 7) is 4.94. The van der Waals surface area contributed by atoms with Crippen molar-refractivity contribution in [2.75, 3.05) is 0 Å². The highest BCUT2D eigenvalue weighted by molar-refractivity contribution is 7.07. The third-order valence-electron chi connectivity index (χ3n) is 3.64. The maximum absolute atomic E-state index is 13.0. The Bertz CT molecular complexity index is 741. The summed E-state index contributed by atoms with van der Waals surface area (Å²) in [4.78, 5) is 14.8. The molecule has 0 bridgehead atoms. The van der Waals surface area contributed by atoms with Crippen molar-refractivity contribution in [2.45, 2.75) is 33.0 Å². The Balaban J connectivity index is 1.77. The summed E-state index contributed by atoms with van der Waals surface area (Å²) in [5.74, 6) is 1.50. The number of carbonyl (C=O) groups excluding carboxylic acids is 1. The molecule has 3 rings (SSSR count). The number of rotatable bonds is 7. The average molecular weight is 355 g/mol. The van der Waals surface area contributed by atoms with Crippen LogP contribution < -0.4 is 4.74 Å². The Morgan fingerprint density at radius 3 is 2.56 bits per heavy atom. The van der Waals surface area contributed by atoms with Crippen molar-refractivity contribution in [1.29, 1.82) is 0 Å². The van der Waals surface area contributed by atoms with Crippen molar-refractivity contribution in [1.82, 2.24) is 4.90 Å². The Hall–Kier alpha value is -2.53. The number of ether oxygens (including phenoxy) is 1. The summed E-state index contributed by atoms with van der Waals surface area (Å²) in [5.41, 5.74) is 1.75. The zero-order chi connectivity index (χ0) is 17.6. The lowest BCUT2D eigenvalue weighted by molar-refractivity contribution is 0.0718. The van der Waals surface area contributed by atoms with Gasteiger partial charge in [0.25, 0.3) is 5.91 Å². The molecule has 130 valence electrons. The molecule has 0 saturated heterocycles. The van der Waals surface area contributed by atoms with Crippen LogP contribution in [0.5, 0.6) is 5.75 Å². The van der Waals surface area contributed by atoms with Crippen molar-refractivity contribution in [3.63, 3.8) is 0 Å². The molecule has 25 heavy (non-hydrogen) atoms. The number of carbonyl (C=O) groups is 1. The van der Waals surface area contributed by atoms with Gasteiger partial charge in [-0.3, -0.25) is 4.79 Å². The van der Waals surface area contributed by atoms with E-state index in [-0.39, 0.29) is 12.0 Å². The van der Waals surface area contributed by atoms with E-state index < -0.39 is 0 Å². The third kappa shape index (κ3) is 4.73. The molecule has 0 fully saturated rings. The predicted molar refractivity (Wildman–Crippen MR) is 98.8 cm³/mol. The standard InChI is InChI=1S/C20H21NO3S/c1-15(2)24-18-7-5-17(6-8-18)20(22)21(12-16-9-11-25-14-16)13-19-4-3-10-23-19/h3-11,14-15H,12-13H2,1-2H3. The van der Waals surface area contributed by atoms with E-state index in [4.69, 9.17) is 9.15 Å². The molecule has 0 saturated carbocycles. The lowest BCUT2D eigenvalue weighted by Crippen LogP contribution is -2.29. The lowest BCUT2D eigenvalue weighted by Gasteiger charge is -2.21. The number of furan rings is 1. The molecule has 0 unspecified atom stereocenters. The maximum atomic E-state index is 13.0. The first-order valence-electron chi connectivity index (χ1n) is 8.21. The van der Waals surface area contributed by atoms with Gasteiger partial charge in [-0.1, -0.05) is 0 Å². The zero-order valence-electron chi connectivity index (χ0n) is 14.3. The predicted octanol–water partition coefficient (Wildman–Crippen LogP) is 4.97. The molecule has 0 atom stereocenters. The van der Waals surface area contributed by atoms with Gasteiger partial charge in [0.15, 0.2) is 0 Å². The number of hydrogen-bond acceptors (Lipinski definition) is 4. The van der Waals surface area contributed by atoms with Crippen LogP contribution in [0.3, 0.4) is 0 Å². The average Bonchev–Trinajstić information content (AvgIpc) is 3.28. The van der Waals surface area contributed by atoms with Gasteiger partial charge in [-0.2, -0.15) is 11.3 Å². The van der Waals surface area contributed by atoms with Crippen molar-refractivity contribution in [3.8, 4) is 5.75 Å². The molecule has 3 aromatic rings.